The van der Waals surface area contributed by atoms with Gasteiger partial charge in [0.05, 0.1) is 34.2 Å². The first-order valence-electron chi connectivity index (χ1n) is 8.70. The maximum atomic E-state index is 13.3. The highest BCUT2D eigenvalue weighted by Crippen LogP contribution is 2.25. The van der Waals surface area contributed by atoms with Crippen molar-refractivity contribution >= 4 is 11.0 Å². The van der Waals surface area contributed by atoms with Crippen LogP contribution in [0.2, 0.25) is 0 Å². The molecule has 4 aromatic rings. The van der Waals surface area contributed by atoms with Gasteiger partial charge in [-0.25, -0.2) is 14.4 Å². The molecule has 0 amide bonds. The monoisotopic (exact) mass is 356 g/mol. The summed E-state index contributed by atoms with van der Waals surface area (Å²) >= 11 is 0. The van der Waals surface area contributed by atoms with Gasteiger partial charge in [0.15, 0.2) is 0 Å². The summed E-state index contributed by atoms with van der Waals surface area (Å²) in [7, 11) is 1.86. The lowest BCUT2D eigenvalue weighted by atomic mass is 10.1. The maximum absolute atomic E-state index is 13.3. The zero-order valence-electron chi connectivity index (χ0n) is 15.1. The molecule has 4 nitrogen and oxygen atoms in total. The number of hydrogen-bond acceptors (Lipinski definition) is 3. The van der Waals surface area contributed by atoms with Crippen molar-refractivity contribution in [2.75, 3.05) is 0 Å². The minimum atomic E-state index is -0.270. The Kier molecular flexibility index (Phi) is 4.39. The van der Waals surface area contributed by atoms with E-state index in [0.29, 0.717) is 0 Å². The lowest BCUT2D eigenvalue weighted by Crippen LogP contribution is -1.99. The van der Waals surface area contributed by atoms with Gasteiger partial charge >= 0.3 is 0 Å². The van der Waals surface area contributed by atoms with Crippen molar-refractivity contribution in [2.24, 2.45) is 7.05 Å². The summed E-state index contributed by atoms with van der Waals surface area (Å²) in [4.78, 5) is 9.63. The Balaban J connectivity index is 1.88. The first kappa shape index (κ1) is 16.9. The Morgan fingerprint density at radius 3 is 2.56 bits per heavy atom. The first-order valence-corrected chi connectivity index (χ1v) is 8.70. The molecule has 0 spiro atoms. The van der Waals surface area contributed by atoms with Crippen LogP contribution in [0.4, 0.5) is 4.39 Å². The molecule has 27 heavy (non-hydrogen) atoms. The number of nitrogens with zero attached hydrogens (tertiary/aromatic N) is 4. The van der Waals surface area contributed by atoms with Gasteiger partial charge in [-0.1, -0.05) is 24.8 Å². The van der Waals surface area contributed by atoms with Gasteiger partial charge in [-0.15, -0.1) is 0 Å². The van der Waals surface area contributed by atoms with E-state index < -0.39 is 0 Å². The fraction of sp³-hybridized carbons (Fsp3) is 0.136. The average Bonchev–Trinajstić information content (AvgIpc) is 3.11. The molecule has 2 aromatic carbocycles. The molecule has 0 fully saturated rings. The van der Waals surface area contributed by atoms with Gasteiger partial charge in [0, 0.05) is 18.8 Å². The zero-order chi connectivity index (χ0) is 18.8. The van der Waals surface area contributed by atoms with Crippen molar-refractivity contribution in [3.8, 4) is 23.1 Å². The molecule has 5 heteroatoms. The highest BCUT2D eigenvalue weighted by molar-refractivity contribution is 5.84. The van der Waals surface area contributed by atoms with E-state index in [1.165, 1.54) is 12.1 Å². The third-order valence-electron chi connectivity index (χ3n) is 4.27. The molecule has 0 aliphatic carbocycles. The molecule has 0 bridgehead atoms. The molecule has 0 atom stereocenters. The maximum Gasteiger partial charge on any atom is 0.123 e. The van der Waals surface area contributed by atoms with Crippen LogP contribution < -0.4 is 0 Å². The largest absolute Gasteiger partial charge is 0.275 e. The number of aryl methyl sites for hydroxylation is 2. The van der Waals surface area contributed by atoms with E-state index in [2.05, 4.69) is 16.9 Å². The van der Waals surface area contributed by atoms with Gasteiger partial charge in [-0.05, 0) is 42.8 Å². The van der Waals surface area contributed by atoms with Gasteiger partial charge in [0.25, 0.3) is 0 Å². The summed E-state index contributed by atoms with van der Waals surface area (Å²) in [6, 6.07) is 12.1. The molecule has 2 aromatic heterocycles. The van der Waals surface area contributed by atoms with Crippen LogP contribution in [0.15, 0.2) is 54.9 Å². The van der Waals surface area contributed by atoms with E-state index in [1.807, 2.05) is 38.4 Å². The minimum absolute atomic E-state index is 0.270. The van der Waals surface area contributed by atoms with Crippen LogP contribution in [-0.2, 0) is 13.5 Å². The SMILES string of the molecule is CCc1nc2cccc(C#Cc3cnn(C)c3)c2nc1-c1ccc(F)cc1. The van der Waals surface area contributed by atoms with E-state index in [0.717, 1.165) is 45.5 Å². The number of halogens is 1. The van der Waals surface area contributed by atoms with Crippen LogP contribution in [0.25, 0.3) is 22.3 Å². The Bertz CT molecular complexity index is 1180. The summed E-state index contributed by atoms with van der Waals surface area (Å²) in [5.74, 6) is 6.03. The number of rotatable bonds is 2. The van der Waals surface area contributed by atoms with Crippen molar-refractivity contribution in [1.29, 1.82) is 0 Å². The molecule has 0 aliphatic heterocycles. The van der Waals surface area contributed by atoms with Gasteiger partial charge in [0.1, 0.15) is 11.3 Å². The van der Waals surface area contributed by atoms with E-state index in [9.17, 15) is 4.39 Å². The fourth-order valence-electron chi connectivity index (χ4n) is 2.93. The fourth-order valence-corrected chi connectivity index (χ4v) is 2.93. The zero-order valence-corrected chi connectivity index (χ0v) is 15.1. The van der Waals surface area contributed by atoms with Crippen molar-refractivity contribution in [3.05, 3.63) is 77.5 Å². The molecule has 0 aliphatic rings. The Hall–Kier alpha value is -3.52. The van der Waals surface area contributed by atoms with E-state index in [4.69, 9.17) is 9.97 Å². The lowest BCUT2D eigenvalue weighted by Gasteiger charge is -2.09. The van der Waals surface area contributed by atoms with Gasteiger partial charge < -0.3 is 0 Å². The molecule has 0 radical (unpaired) electrons. The van der Waals surface area contributed by atoms with Crippen LogP contribution in [0.1, 0.15) is 23.7 Å². The third-order valence-corrected chi connectivity index (χ3v) is 4.27. The topological polar surface area (TPSA) is 43.6 Å². The van der Waals surface area contributed by atoms with Crippen molar-refractivity contribution in [3.63, 3.8) is 0 Å². The average molecular weight is 356 g/mol. The van der Waals surface area contributed by atoms with Gasteiger partial charge in [-0.3, -0.25) is 4.68 Å². The van der Waals surface area contributed by atoms with E-state index >= 15 is 0 Å². The normalized spacial score (nSPS) is 10.6. The van der Waals surface area contributed by atoms with Crippen LogP contribution in [-0.4, -0.2) is 19.7 Å². The highest BCUT2D eigenvalue weighted by atomic mass is 19.1. The second-order valence-electron chi connectivity index (χ2n) is 6.21. The Labute approximate surface area is 156 Å². The van der Waals surface area contributed by atoms with Crippen molar-refractivity contribution < 1.29 is 4.39 Å². The molecule has 132 valence electrons. The molecular weight excluding hydrogens is 339 g/mol. The Morgan fingerprint density at radius 1 is 1.04 bits per heavy atom. The highest BCUT2D eigenvalue weighted by Gasteiger charge is 2.11. The lowest BCUT2D eigenvalue weighted by molar-refractivity contribution is 0.628. The van der Waals surface area contributed by atoms with E-state index in [-0.39, 0.29) is 5.82 Å². The number of benzene rings is 2. The molecule has 0 saturated carbocycles. The molecular formula is C22H17FN4. The smallest absolute Gasteiger partial charge is 0.123 e. The standard InChI is InChI=1S/C22H17FN4/c1-3-19-21(17-9-11-18(23)12-10-17)26-22-16(5-4-6-20(22)25-19)8-7-15-13-24-27(2)14-15/h4-6,9-14H,3H2,1-2H3. The van der Waals surface area contributed by atoms with Crippen LogP contribution in [0.3, 0.4) is 0 Å². The predicted molar refractivity (Wildman–Crippen MR) is 103 cm³/mol. The van der Waals surface area contributed by atoms with Crippen LogP contribution in [0, 0.1) is 17.7 Å². The second kappa shape index (κ2) is 7.00. The number of aromatic nitrogens is 4. The second-order valence-corrected chi connectivity index (χ2v) is 6.21. The minimum Gasteiger partial charge on any atom is -0.275 e. The summed E-state index contributed by atoms with van der Waals surface area (Å²) in [6.45, 7) is 2.04. The number of para-hydroxylation sites is 1. The summed E-state index contributed by atoms with van der Waals surface area (Å²) in [6.07, 6.45) is 4.33. The Morgan fingerprint density at radius 2 is 1.85 bits per heavy atom. The van der Waals surface area contributed by atoms with Gasteiger partial charge in [0.2, 0.25) is 0 Å². The molecule has 0 saturated heterocycles. The predicted octanol–water partition coefficient (Wildman–Crippen LogP) is 4.13. The summed E-state index contributed by atoms with van der Waals surface area (Å²) in [5.41, 5.74) is 5.67. The summed E-state index contributed by atoms with van der Waals surface area (Å²) < 4.78 is 15.0. The molecule has 0 N–H and O–H groups in total. The van der Waals surface area contributed by atoms with Crippen molar-refractivity contribution in [2.45, 2.75) is 13.3 Å². The van der Waals surface area contributed by atoms with Gasteiger partial charge in [-0.2, -0.15) is 5.10 Å². The first-order chi connectivity index (χ1) is 13.1. The summed E-state index contributed by atoms with van der Waals surface area (Å²) in [5, 5.41) is 4.13. The van der Waals surface area contributed by atoms with E-state index in [1.54, 1.807) is 23.0 Å². The number of hydrogen-bond donors (Lipinski definition) is 0. The molecule has 0 unspecified atom stereocenters. The quantitative estimate of drug-likeness (QED) is 0.507. The molecule has 2 heterocycles. The number of fused-ring (bicyclic) bond motifs is 1. The third kappa shape index (κ3) is 3.42. The van der Waals surface area contributed by atoms with Crippen LogP contribution in [0.5, 0.6) is 0 Å². The molecule has 4 rings (SSSR count). The van der Waals surface area contributed by atoms with Crippen LogP contribution >= 0.6 is 0 Å². The van der Waals surface area contributed by atoms with Crippen molar-refractivity contribution in [1.82, 2.24) is 19.7 Å².